The van der Waals surface area contributed by atoms with Gasteiger partial charge in [-0.2, -0.15) is 5.10 Å². The van der Waals surface area contributed by atoms with Crippen molar-refractivity contribution in [1.82, 2.24) is 9.99 Å². The number of hydrazone groups is 1. The Hall–Kier alpha value is -1.67. The number of aromatic nitrogens is 1. The maximum atomic E-state index is 12.1. The number of hydrogen-bond donors (Lipinski definition) is 2. The number of hydrogen-bond acceptors (Lipinski definition) is 5. The number of amides is 1. The maximum absolute atomic E-state index is 12.1. The fourth-order valence-electron chi connectivity index (χ4n) is 1.70. The normalized spacial score (nSPS) is 10.9. The Bertz CT molecular complexity index is 842. The lowest BCUT2D eigenvalue weighted by molar-refractivity contribution is 0.0959. The van der Waals surface area contributed by atoms with Gasteiger partial charge in [0.2, 0.25) is 0 Å². The molecule has 5 nitrogen and oxygen atoms in total. The van der Waals surface area contributed by atoms with Crippen molar-refractivity contribution in [2.45, 2.75) is 6.54 Å². The van der Waals surface area contributed by atoms with Crippen molar-refractivity contribution in [3.8, 4) is 0 Å². The Kier molecular flexibility index (Phi) is 5.95. The summed E-state index contributed by atoms with van der Waals surface area (Å²) in [6, 6.07) is 4.96. The third-order valence-electron chi connectivity index (χ3n) is 2.78. The van der Waals surface area contributed by atoms with E-state index >= 15 is 0 Å². The van der Waals surface area contributed by atoms with Gasteiger partial charge in [-0.15, -0.1) is 6.58 Å². The van der Waals surface area contributed by atoms with E-state index in [2.05, 4.69) is 17.1 Å². The maximum Gasteiger partial charge on any atom is 0.285 e. The molecule has 0 atom stereocenters. The fraction of sp³-hybridized carbons (Fsp3) is 0.0714. The van der Waals surface area contributed by atoms with E-state index in [0.29, 0.717) is 31.0 Å². The quantitative estimate of drug-likeness (QED) is 0.351. The highest BCUT2D eigenvalue weighted by Crippen LogP contribution is 2.22. The van der Waals surface area contributed by atoms with E-state index < -0.39 is 5.91 Å². The van der Waals surface area contributed by atoms with Crippen molar-refractivity contribution in [3.05, 3.63) is 55.3 Å². The Morgan fingerprint density at radius 2 is 2.26 bits per heavy atom. The molecule has 2 rings (SSSR count). The third kappa shape index (κ3) is 4.20. The number of nitrogen functional groups attached to an aromatic ring is 1. The number of thiazole rings is 1. The first-order valence-electron chi connectivity index (χ1n) is 6.32. The smallest absolute Gasteiger partial charge is 0.285 e. The molecule has 0 aliphatic carbocycles. The Morgan fingerprint density at radius 1 is 1.52 bits per heavy atom. The molecule has 0 unspecified atom stereocenters. The van der Waals surface area contributed by atoms with Crippen molar-refractivity contribution in [2.75, 3.05) is 5.73 Å². The van der Waals surface area contributed by atoms with Crippen LogP contribution in [0.3, 0.4) is 0 Å². The number of rotatable bonds is 5. The monoisotopic (exact) mass is 386 g/mol. The topological polar surface area (TPSA) is 72.4 Å². The molecule has 0 aliphatic rings. The number of allylic oxidation sites excluding steroid dienone is 1. The van der Waals surface area contributed by atoms with Gasteiger partial charge in [-0.1, -0.05) is 46.7 Å². The second-order valence-electron chi connectivity index (χ2n) is 4.35. The average Bonchev–Trinajstić information content (AvgIpc) is 2.78. The second kappa shape index (κ2) is 7.74. The summed E-state index contributed by atoms with van der Waals surface area (Å²) in [4.78, 5) is 12.4. The van der Waals surface area contributed by atoms with Crippen LogP contribution in [0.5, 0.6) is 0 Å². The van der Waals surface area contributed by atoms with Crippen molar-refractivity contribution in [3.63, 3.8) is 0 Å². The molecule has 1 heterocycles. The van der Waals surface area contributed by atoms with Gasteiger partial charge in [0.1, 0.15) is 10.7 Å². The number of benzene rings is 1. The van der Waals surface area contributed by atoms with Crippen LogP contribution in [0.1, 0.15) is 15.2 Å². The van der Waals surface area contributed by atoms with E-state index in [9.17, 15) is 4.79 Å². The molecule has 1 aromatic carbocycles. The summed E-state index contributed by atoms with van der Waals surface area (Å²) < 4.78 is 2.12. The largest absolute Gasteiger partial charge is 0.384 e. The Morgan fingerprint density at radius 3 is 2.91 bits per heavy atom. The SMILES string of the molecule is C=CCn1c(N)c(C(=O)NN=Cc2ccc(Cl)cc2Cl)sc1=S. The Labute approximate surface area is 152 Å². The first-order chi connectivity index (χ1) is 10.9. The van der Waals surface area contributed by atoms with Crippen molar-refractivity contribution in [2.24, 2.45) is 5.10 Å². The molecule has 1 aromatic heterocycles. The number of carbonyl (C=O) groups is 1. The number of nitrogens with two attached hydrogens (primary N) is 1. The molecule has 0 radical (unpaired) electrons. The summed E-state index contributed by atoms with van der Waals surface area (Å²) in [5, 5.41) is 4.82. The van der Waals surface area contributed by atoms with Crippen LogP contribution in [-0.2, 0) is 6.54 Å². The highest BCUT2D eigenvalue weighted by molar-refractivity contribution is 7.73. The van der Waals surface area contributed by atoms with E-state index in [1.54, 1.807) is 28.8 Å². The van der Waals surface area contributed by atoms with Crippen LogP contribution in [0.4, 0.5) is 5.82 Å². The highest BCUT2D eigenvalue weighted by atomic mass is 35.5. The molecule has 23 heavy (non-hydrogen) atoms. The average molecular weight is 387 g/mol. The molecule has 3 N–H and O–H groups in total. The van der Waals surface area contributed by atoms with Crippen LogP contribution in [0.25, 0.3) is 0 Å². The zero-order chi connectivity index (χ0) is 17.0. The molecule has 0 saturated carbocycles. The van der Waals surface area contributed by atoms with Crippen LogP contribution in [0.2, 0.25) is 10.0 Å². The zero-order valence-electron chi connectivity index (χ0n) is 11.8. The lowest BCUT2D eigenvalue weighted by atomic mass is 10.2. The van der Waals surface area contributed by atoms with Crippen molar-refractivity contribution < 1.29 is 4.79 Å². The number of halogens is 2. The first-order valence-corrected chi connectivity index (χ1v) is 8.30. The zero-order valence-corrected chi connectivity index (χ0v) is 14.9. The van der Waals surface area contributed by atoms with Crippen LogP contribution in [-0.4, -0.2) is 16.7 Å². The predicted octanol–water partition coefficient (Wildman–Crippen LogP) is 4.12. The summed E-state index contributed by atoms with van der Waals surface area (Å²) in [5.41, 5.74) is 8.95. The number of nitrogens with zero attached hydrogens (tertiary/aromatic N) is 2. The molecule has 1 amide bonds. The van der Waals surface area contributed by atoms with Crippen LogP contribution >= 0.6 is 46.8 Å². The molecular weight excluding hydrogens is 375 g/mol. The van der Waals surface area contributed by atoms with Crippen molar-refractivity contribution in [1.29, 1.82) is 0 Å². The van der Waals surface area contributed by atoms with Crippen LogP contribution in [0.15, 0.2) is 36.0 Å². The summed E-state index contributed by atoms with van der Waals surface area (Å²) in [6.07, 6.45) is 3.08. The second-order valence-corrected chi connectivity index (χ2v) is 6.83. The van der Waals surface area contributed by atoms with Crippen molar-refractivity contribution >= 4 is 64.7 Å². The third-order valence-corrected chi connectivity index (χ3v) is 4.81. The summed E-state index contributed by atoms with van der Waals surface area (Å²) in [7, 11) is 0. The van der Waals surface area contributed by atoms with E-state index in [1.165, 1.54) is 6.21 Å². The molecule has 120 valence electrons. The number of anilines is 1. The minimum absolute atomic E-state index is 0.289. The standard InChI is InChI=1S/C14H12Cl2N4OS2/c1-2-5-20-12(17)11(23-14(20)22)13(21)19-18-7-8-3-4-9(15)6-10(8)16/h2-4,6-7H,1,5,17H2,(H,19,21). The van der Waals surface area contributed by atoms with E-state index in [0.717, 1.165) is 11.3 Å². The minimum Gasteiger partial charge on any atom is -0.384 e. The van der Waals surface area contributed by atoms with Crippen LogP contribution in [0, 0.1) is 3.95 Å². The van der Waals surface area contributed by atoms with Gasteiger partial charge in [-0.05, 0) is 24.4 Å². The summed E-state index contributed by atoms with van der Waals surface area (Å²) in [5.74, 6) is -0.153. The molecule has 0 saturated heterocycles. The van der Waals surface area contributed by atoms with Gasteiger partial charge in [-0.25, -0.2) is 5.43 Å². The lowest BCUT2D eigenvalue weighted by Crippen LogP contribution is -2.18. The molecule has 0 spiro atoms. The lowest BCUT2D eigenvalue weighted by Gasteiger charge is -2.02. The number of nitrogens with one attached hydrogen (secondary N) is 1. The van der Waals surface area contributed by atoms with Gasteiger partial charge in [-0.3, -0.25) is 4.79 Å². The summed E-state index contributed by atoms with van der Waals surface area (Å²) >= 11 is 18.1. The highest BCUT2D eigenvalue weighted by Gasteiger charge is 2.16. The van der Waals surface area contributed by atoms with Gasteiger partial charge in [0, 0.05) is 17.1 Å². The number of carbonyl (C=O) groups excluding carboxylic acids is 1. The molecule has 0 fully saturated rings. The molecule has 0 bridgehead atoms. The molecule has 9 heteroatoms. The van der Waals surface area contributed by atoms with Gasteiger partial charge in [0.05, 0.1) is 11.2 Å². The fourth-order valence-corrected chi connectivity index (χ4v) is 3.39. The first kappa shape index (κ1) is 17.7. The molecule has 0 aliphatic heterocycles. The minimum atomic E-state index is -0.442. The van der Waals surface area contributed by atoms with Gasteiger partial charge >= 0.3 is 0 Å². The van der Waals surface area contributed by atoms with Crippen LogP contribution < -0.4 is 11.2 Å². The van der Waals surface area contributed by atoms with Gasteiger partial charge in [0.25, 0.3) is 5.91 Å². The van der Waals surface area contributed by atoms with Gasteiger partial charge in [0.15, 0.2) is 3.95 Å². The van der Waals surface area contributed by atoms with E-state index in [1.807, 2.05) is 0 Å². The van der Waals surface area contributed by atoms with Gasteiger partial charge < -0.3 is 10.3 Å². The molecule has 2 aromatic rings. The van der Waals surface area contributed by atoms with E-state index in [-0.39, 0.29) is 5.82 Å². The predicted molar refractivity (Wildman–Crippen MR) is 99.3 cm³/mol. The summed E-state index contributed by atoms with van der Waals surface area (Å²) in [6.45, 7) is 4.07. The van der Waals surface area contributed by atoms with E-state index in [4.69, 9.17) is 41.2 Å². The molecular formula is C14H12Cl2N4OS2. The Balaban J connectivity index is 2.13.